The minimum absolute atomic E-state index is 0.0132. The van der Waals surface area contributed by atoms with Crippen molar-refractivity contribution >= 4 is 27.6 Å². The van der Waals surface area contributed by atoms with E-state index in [1.807, 2.05) is 0 Å². The predicted octanol–water partition coefficient (Wildman–Crippen LogP) is 5.14. The number of sulfonamides is 1. The monoisotopic (exact) mass is 658 g/mol. The van der Waals surface area contributed by atoms with Crippen LogP contribution in [0.5, 0.6) is 11.5 Å². The molecule has 16 heteroatoms. The molecule has 0 aliphatic carbocycles. The molecule has 0 aromatic heterocycles. The smallest absolute Gasteiger partial charge is 0.416 e. The quantitative estimate of drug-likeness (QED) is 0.203. The highest BCUT2D eigenvalue weighted by Crippen LogP contribution is 2.44. The van der Waals surface area contributed by atoms with Crippen molar-refractivity contribution in [2.45, 2.75) is 36.6 Å². The fraction of sp³-hybridized carbons (Fsp3) is 0.310. The molecule has 1 amide bonds. The summed E-state index contributed by atoms with van der Waals surface area (Å²) in [6, 6.07) is 9.76. The van der Waals surface area contributed by atoms with E-state index in [1.165, 1.54) is 18.2 Å². The predicted molar refractivity (Wildman–Crippen MR) is 146 cm³/mol. The van der Waals surface area contributed by atoms with Crippen LogP contribution in [0, 0.1) is 11.2 Å². The second kappa shape index (κ2) is 11.8. The number of alkyl halides is 5. The minimum atomic E-state index is -4.86. The van der Waals surface area contributed by atoms with Crippen LogP contribution in [0.15, 0.2) is 65.6 Å². The van der Waals surface area contributed by atoms with Crippen molar-refractivity contribution in [2.24, 2.45) is 5.41 Å². The number of ether oxygens (including phenoxy) is 3. The van der Waals surface area contributed by atoms with Gasteiger partial charge in [-0.25, -0.2) is 12.8 Å². The minimum Gasteiger partial charge on any atom is -0.486 e. The zero-order chi connectivity index (χ0) is 32.7. The lowest BCUT2D eigenvalue weighted by atomic mass is 9.80. The summed E-state index contributed by atoms with van der Waals surface area (Å²) in [4.78, 5) is 24.8. The summed E-state index contributed by atoms with van der Waals surface area (Å²) in [6.45, 7) is -3.67. The van der Waals surface area contributed by atoms with Crippen molar-refractivity contribution in [1.82, 2.24) is 5.32 Å². The largest absolute Gasteiger partial charge is 0.486 e. The molecule has 5 rings (SSSR count). The average Bonchev–Trinajstić information content (AvgIpc) is 3.35. The van der Waals surface area contributed by atoms with E-state index in [4.69, 9.17) is 9.47 Å². The third-order valence-electron chi connectivity index (χ3n) is 7.49. The Morgan fingerprint density at radius 1 is 1.11 bits per heavy atom. The van der Waals surface area contributed by atoms with E-state index >= 15 is 0 Å². The Morgan fingerprint density at radius 3 is 2.51 bits per heavy atom. The normalized spacial score (nSPS) is 20.0. The van der Waals surface area contributed by atoms with Crippen LogP contribution < -0.4 is 19.1 Å². The number of hydrogen-bond acceptors (Lipinski definition) is 7. The number of anilines is 1. The molecule has 0 radical (unpaired) electrons. The first-order valence-corrected chi connectivity index (χ1v) is 14.7. The third-order valence-corrected chi connectivity index (χ3v) is 9.27. The number of carbonyl (C=O) groups excluding carboxylic acids is 2. The molecule has 2 aliphatic heterocycles. The average molecular weight is 659 g/mol. The number of benzene rings is 3. The molecule has 2 unspecified atom stereocenters. The van der Waals surface area contributed by atoms with Crippen LogP contribution in [0.2, 0.25) is 0 Å². The summed E-state index contributed by atoms with van der Waals surface area (Å²) in [7, 11) is -3.69. The number of nitrogens with one attached hydrogen (secondary N) is 1. The maximum Gasteiger partial charge on any atom is 0.416 e. The number of hydrogen-bond donors (Lipinski definition) is 1. The van der Waals surface area contributed by atoms with E-state index in [1.54, 1.807) is 0 Å². The summed E-state index contributed by atoms with van der Waals surface area (Å²) >= 11 is 0. The molecule has 3 aromatic rings. The Morgan fingerprint density at radius 2 is 1.87 bits per heavy atom. The first-order valence-electron chi connectivity index (χ1n) is 13.3. The highest BCUT2D eigenvalue weighted by atomic mass is 32.2. The van der Waals surface area contributed by atoms with Gasteiger partial charge in [0.1, 0.15) is 23.4 Å². The highest BCUT2D eigenvalue weighted by Gasteiger charge is 2.53. The van der Waals surface area contributed by atoms with Crippen LogP contribution in [-0.2, 0) is 30.5 Å². The molecule has 240 valence electrons. The van der Waals surface area contributed by atoms with Gasteiger partial charge in [0.05, 0.1) is 29.8 Å². The van der Waals surface area contributed by atoms with E-state index in [0.717, 1.165) is 41.7 Å². The van der Waals surface area contributed by atoms with Crippen molar-refractivity contribution in [3.63, 3.8) is 0 Å². The summed E-state index contributed by atoms with van der Waals surface area (Å²) in [5, 5.41) is 2.55. The van der Waals surface area contributed by atoms with Crippen LogP contribution in [0.4, 0.5) is 32.0 Å². The third kappa shape index (κ3) is 6.23. The Balaban J connectivity index is 1.62. The maximum absolute atomic E-state index is 14.3. The van der Waals surface area contributed by atoms with Crippen molar-refractivity contribution in [3.05, 3.63) is 72.0 Å². The molecule has 0 bridgehead atoms. The van der Waals surface area contributed by atoms with E-state index in [2.05, 4.69) is 10.1 Å². The molecule has 2 heterocycles. The lowest BCUT2D eigenvalue weighted by molar-refractivity contribution is -0.158. The van der Waals surface area contributed by atoms with Gasteiger partial charge < -0.3 is 19.5 Å². The van der Waals surface area contributed by atoms with Gasteiger partial charge in [0.2, 0.25) is 5.91 Å². The zero-order valence-corrected chi connectivity index (χ0v) is 24.1. The van der Waals surface area contributed by atoms with Crippen LogP contribution >= 0.6 is 0 Å². The summed E-state index contributed by atoms with van der Waals surface area (Å²) in [5.74, 6) is -3.06. The fourth-order valence-corrected chi connectivity index (χ4v) is 6.96. The van der Waals surface area contributed by atoms with Gasteiger partial charge in [0.15, 0.2) is 5.41 Å². The fourth-order valence-electron chi connectivity index (χ4n) is 5.41. The van der Waals surface area contributed by atoms with E-state index in [9.17, 15) is 44.3 Å². The number of esters is 1. The summed E-state index contributed by atoms with van der Waals surface area (Å²) < 4.78 is 124. The lowest BCUT2D eigenvalue weighted by Gasteiger charge is -2.38. The molecule has 3 aromatic carbocycles. The van der Waals surface area contributed by atoms with Crippen molar-refractivity contribution in [1.29, 1.82) is 0 Å². The highest BCUT2D eigenvalue weighted by molar-refractivity contribution is 7.92. The van der Waals surface area contributed by atoms with Crippen LogP contribution in [0.3, 0.4) is 0 Å². The molecule has 2 atom stereocenters. The maximum atomic E-state index is 14.3. The van der Waals surface area contributed by atoms with Gasteiger partial charge in [0, 0.05) is 19.0 Å². The molecule has 1 N–H and O–H groups in total. The molecule has 9 nitrogen and oxygen atoms in total. The molecule has 2 aliphatic rings. The lowest BCUT2D eigenvalue weighted by Crippen LogP contribution is -2.49. The number of fused-ring (bicyclic) bond motifs is 1. The Bertz CT molecular complexity index is 1750. The Labute approximate surface area is 252 Å². The number of amides is 1. The van der Waals surface area contributed by atoms with Crippen molar-refractivity contribution in [3.8, 4) is 22.6 Å². The second-order valence-corrected chi connectivity index (χ2v) is 12.2. The molecular formula is C29H24F6N2O7S. The summed E-state index contributed by atoms with van der Waals surface area (Å²) in [6.07, 6.45) is -6.33. The van der Waals surface area contributed by atoms with E-state index in [-0.39, 0.29) is 42.0 Å². The second-order valence-electron chi connectivity index (χ2n) is 10.3. The van der Waals surface area contributed by atoms with Crippen LogP contribution in [0.25, 0.3) is 11.1 Å². The number of carbonyl (C=O) groups is 2. The van der Waals surface area contributed by atoms with Crippen molar-refractivity contribution in [2.75, 3.05) is 24.5 Å². The van der Waals surface area contributed by atoms with Gasteiger partial charge in [-0.3, -0.25) is 13.9 Å². The molecule has 0 spiro atoms. The number of rotatable bonds is 8. The Kier molecular flexibility index (Phi) is 8.37. The molecule has 0 saturated carbocycles. The van der Waals surface area contributed by atoms with Crippen molar-refractivity contribution < 1.29 is 58.6 Å². The van der Waals surface area contributed by atoms with E-state index < -0.39 is 74.8 Å². The number of methoxy groups -OCH3 is 1. The van der Waals surface area contributed by atoms with Gasteiger partial charge in [-0.2, -0.15) is 22.0 Å². The molecule has 1 fully saturated rings. The van der Waals surface area contributed by atoms with Crippen LogP contribution in [0.1, 0.15) is 18.4 Å². The topological polar surface area (TPSA) is 111 Å². The number of halogens is 6. The summed E-state index contributed by atoms with van der Waals surface area (Å²) in [5.41, 5.74) is -2.98. The van der Waals surface area contributed by atoms with Gasteiger partial charge in [0.25, 0.3) is 10.0 Å². The molecular weight excluding hydrogens is 634 g/mol. The van der Waals surface area contributed by atoms with Gasteiger partial charge in [-0.05, 0) is 60.0 Å². The first-order chi connectivity index (χ1) is 21.1. The van der Waals surface area contributed by atoms with E-state index in [0.29, 0.717) is 12.1 Å². The van der Waals surface area contributed by atoms with Gasteiger partial charge >= 0.3 is 18.8 Å². The number of nitrogens with zero attached hydrogens (tertiary/aromatic N) is 1. The standard InChI is InChI=1S/C29H24F6N2O7S/c1-42-26(39)28(7-8-36-25(28)38)14-21-15-37(45(40,41)22-4-2-3-18(12-22)29(33,34)35)23-11-16(5-6-24(23)43-21)17-9-19(30)13-20(10-17)44-27(31)32/h2-6,9-13,21,27H,7-8,14-15H2,1H3,(H,36,38). The molecule has 45 heavy (non-hydrogen) atoms. The van der Waals surface area contributed by atoms with Gasteiger partial charge in [-0.15, -0.1) is 0 Å². The zero-order valence-electron chi connectivity index (χ0n) is 23.2. The molecule has 1 saturated heterocycles. The Hall–Kier alpha value is -4.47. The van der Waals surface area contributed by atoms with Crippen LogP contribution in [-0.4, -0.2) is 53.2 Å². The van der Waals surface area contributed by atoms with Gasteiger partial charge in [-0.1, -0.05) is 12.1 Å². The SMILES string of the molecule is COC(=O)C1(CC2CN(S(=O)(=O)c3cccc(C(F)(F)F)c3)c3cc(-c4cc(F)cc(OC(F)F)c4)ccc3O2)CCNC1=O. The first kappa shape index (κ1) is 31.9.